The zero-order valence-electron chi connectivity index (χ0n) is 9.34. The molecule has 0 fully saturated rings. The highest BCUT2D eigenvalue weighted by Crippen LogP contribution is 2.21. The van der Waals surface area contributed by atoms with Crippen molar-refractivity contribution in [1.82, 2.24) is 4.98 Å². The van der Waals surface area contributed by atoms with Gasteiger partial charge in [0.1, 0.15) is 0 Å². The number of carbonyl (C=O) groups is 1. The lowest BCUT2D eigenvalue weighted by atomic mass is 10.3. The number of hydrogen-bond acceptors (Lipinski definition) is 5. The molecule has 7 nitrogen and oxygen atoms in total. The molecule has 0 saturated carbocycles. The number of anilines is 1. The first-order valence-corrected chi connectivity index (χ1v) is 5.08. The van der Waals surface area contributed by atoms with Crippen LogP contribution in [-0.4, -0.2) is 27.5 Å². The van der Waals surface area contributed by atoms with Crippen LogP contribution in [0.3, 0.4) is 0 Å². The van der Waals surface area contributed by atoms with Crippen LogP contribution >= 0.6 is 0 Å². The van der Waals surface area contributed by atoms with E-state index in [1.165, 1.54) is 6.07 Å². The van der Waals surface area contributed by atoms with E-state index in [1.807, 2.05) is 0 Å². The Labute approximate surface area is 97.6 Å². The molecule has 0 amide bonds. The van der Waals surface area contributed by atoms with Gasteiger partial charge in [0.25, 0.3) is 0 Å². The van der Waals surface area contributed by atoms with E-state index < -0.39 is 10.9 Å². The summed E-state index contributed by atoms with van der Waals surface area (Å²) in [5, 5.41) is 21.9. The Hall–Kier alpha value is -2.18. The maximum absolute atomic E-state index is 10.7. The first-order chi connectivity index (χ1) is 8.00. The Morgan fingerprint density at radius 1 is 1.59 bits per heavy atom. The molecule has 2 N–H and O–H groups in total. The van der Waals surface area contributed by atoms with Crippen molar-refractivity contribution in [2.75, 3.05) is 11.9 Å². The molecule has 1 aromatic heterocycles. The summed E-state index contributed by atoms with van der Waals surface area (Å²) < 4.78 is 0. The number of hydrogen-bond donors (Lipinski definition) is 2. The van der Waals surface area contributed by atoms with Crippen molar-refractivity contribution >= 4 is 17.5 Å². The lowest BCUT2D eigenvalue weighted by molar-refractivity contribution is -0.384. The number of aromatic nitrogens is 1. The molecule has 0 radical (unpaired) electrons. The molecule has 17 heavy (non-hydrogen) atoms. The number of aliphatic carboxylic acids is 1. The summed E-state index contributed by atoms with van der Waals surface area (Å²) in [4.78, 5) is 24.5. The normalized spacial score (nSPS) is 9.94. The molecule has 1 aromatic rings. The van der Waals surface area contributed by atoms with Gasteiger partial charge in [-0.1, -0.05) is 0 Å². The predicted octanol–water partition coefficient (Wildman–Crippen LogP) is 1.57. The SMILES string of the molecule is Cc1ccc([N+](=O)[O-])c(NCCCC(=O)O)n1. The molecule has 1 rings (SSSR count). The Balaban J connectivity index is 2.65. The summed E-state index contributed by atoms with van der Waals surface area (Å²) in [6.07, 6.45) is 0.411. The molecule has 1 heterocycles. The van der Waals surface area contributed by atoms with E-state index in [0.717, 1.165) is 0 Å². The monoisotopic (exact) mass is 239 g/mol. The van der Waals surface area contributed by atoms with Crippen molar-refractivity contribution in [2.45, 2.75) is 19.8 Å². The highest BCUT2D eigenvalue weighted by molar-refractivity contribution is 5.66. The van der Waals surface area contributed by atoms with Crippen molar-refractivity contribution in [3.63, 3.8) is 0 Å². The molecule has 0 saturated heterocycles. The fourth-order valence-electron chi connectivity index (χ4n) is 1.27. The number of aryl methyl sites for hydroxylation is 1. The first-order valence-electron chi connectivity index (χ1n) is 5.08. The van der Waals surface area contributed by atoms with Gasteiger partial charge in [0, 0.05) is 24.7 Å². The number of nitrogens with one attached hydrogen (secondary N) is 1. The topological polar surface area (TPSA) is 105 Å². The zero-order valence-corrected chi connectivity index (χ0v) is 9.34. The van der Waals surface area contributed by atoms with Crippen LogP contribution in [0.4, 0.5) is 11.5 Å². The molecular formula is C10H13N3O4. The minimum Gasteiger partial charge on any atom is -0.481 e. The zero-order chi connectivity index (χ0) is 12.8. The Morgan fingerprint density at radius 2 is 2.29 bits per heavy atom. The minimum atomic E-state index is -0.890. The van der Waals surface area contributed by atoms with Gasteiger partial charge in [-0.3, -0.25) is 14.9 Å². The third-order valence-corrected chi connectivity index (χ3v) is 2.07. The van der Waals surface area contributed by atoms with Crippen LogP contribution in [0.5, 0.6) is 0 Å². The van der Waals surface area contributed by atoms with Gasteiger partial charge < -0.3 is 10.4 Å². The molecule has 0 unspecified atom stereocenters. The largest absolute Gasteiger partial charge is 0.481 e. The summed E-state index contributed by atoms with van der Waals surface area (Å²) in [6, 6.07) is 2.93. The Kier molecular flexibility index (Phi) is 4.38. The van der Waals surface area contributed by atoms with Gasteiger partial charge in [-0.2, -0.15) is 0 Å². The van der Waals surface area contributed by atoms with Crippen molar-refractivity contribution in [3.05, 3.63) is 27.9 Å². The van der Waals surface area contributed by atoms with E-state index in [-0.39, 0.29) is 17.9 Å². The van der Waals surface area contributed by atoms with Crippen molar-refractivity contribution < 1.29 is 14.8 Å². The maximum Gasteiger partial charge on any atom is 0.311 e. The van der Waals surface area contributed by atoms with Crippen LogP contribution < -0.4 is 5.32 Å². The highest BCUT2D eigenvalue weighted by atomic mass is 16.6. The maximum atomic E-state index is 10.7. The van der Waals surface area contributed by atoms with Crippen LogP contribution in [-0.2, 0) is 4.79 Å². The Morgan fingerprint density at radius 3 is 2.88 bits per heavy atom. The van der Waals surface area contributed by atoms with Gasteiger partial charge in [-0.05, 0) is 19.4 Å². The van der Waals surface area contributed by atoms with E-state index in [9.17, 15) is 14.9 Å². The minimum absolute atomic E-state index is 0.0204. The van der Waals surface area contributed by atoms with E-state index in [4.69, 9.17) is 5.11 Å². The fraction of sp³-hybridized carbons (Fsp3) is 0.400. The molecule has 0 atom stereocenters. The molecule has 7 heteroatoms. The average molecular weight is 239 g/mol. The second kappa shape index (κ2) is 5.78. The van der Waals surface area contributed by atoms with Crippen LogP contribution in [0.25, 0.3) is 0 Å². The molecule has 92 valence electrons. The summed E-state index contributed by atoms with van der Waals surface area (Å²) in [7, 11) is 0. The molecule has 0 spiro atoms. The summed E-state index contributed by atoms with van der Waals surface area (Å²) in [5.41, 5.74) is 0.558. The van der Waals surface area contributed by atoms with Crippen LogP contribution in [0, 0.1) is 17.0 Å². The summed E-state index contributed by atoms with van der Waals surface area (Å²) >= 11 is 0. The van der Waals surface area contributed by atoms with E-state index in [0.29, 0.717) is 18.7 Å². The van der Waals surface area contributed by atoms with Gasteiger partial charge in [-0.15, -0.1) is 0 Å². The first kappa shape index (κ1) is 12.9. The second-order valence-corrected chi connectivity index (χ2v) is 3.50. The van der Waals surface area contributed by atoms with Gasteiger partial charge in [0.05, 0.1) is 4.92 Å². The van der Waals surface area contributed by atoms with Crippen molar-refractivity contribution in [1.29, 1.82) is 0 Å². The lowest BCUT2D eigenvalue weighted by Crippen LogP contribution is -2.08. The quantitative estimate of drug-likeness (QED) is 0.443. The molecule has 0 aliphatic carbocycles. The lowest BCUT2D eigenvalue weighted by Gasteiger charge is -2.05. The Bertz CT molecular complexity index is 434. The van der Waals surface area contributed by atoms with Gasteiger partial charge >= 0.3 is 11.7 Å². The van der Waals surface area contributed by atoms with Crippen LogP contribution in [0.15, 0.2) is 12.1 Å². The molecule has 0 aliphatic heterocycles. The number of carboxylic acids is 1. The average Bonchev–Trinajstić information content (AvgIpc) is 2.23. The number of carboxylic acid groups (broad SMARTS) is 1. The van der Waals surface area contributed by atoms with E-state index in [1.54, 1.807) is 13.0 Å². The third kappa shape index (κ3) is 4.06. The smallest absolute Gasteiger partial charge is 0.311 e. The fourth-order valence-corrected chi connectivity index (χ4v) is 1.27. The summed E-state index contributed by atoms with van der Waals surface area (Å²) in [6.45, 7) is 2.07. The van der Waals surface area contributed by atoms with Gasteiger partial charge in [0.2, 0.25) is 5.82 Å². The number of nitrogens with zero attached hydrogens (tertiary/aromatic N) is 2. The summed E-state index contributed by atoms with van der Waals surface area (Å²) in [5.74, 6) is -0.709. The van der Waals surface area contributed by atoms with E-state index in [2.05, 4.69) is 10.3 Å². The van der Waals surface area contributed by atoms with Crippen molar-refractivity contribution in [3.8, 4) is 0 Å². The van der Waals surface area contributed by atoms with Crippen LogP contribution in [0.2, 0.25) is 0 Å². The third-order valence-electron chi connectivity index (χ3n) is 2.07. The van der Waals surface area contributed by atoms with Gasteiger partial charge in [0.15, 0.2) is 0 Å². The standard InChI is InChI=1S/C10H13N3O4/c1-7-4-5-8(13(16)17)10(12-7)11-6-2-3-9(14)15/h4-5H,2-3,6H2,1H3,(H,11,12)(H,14,15). The number of pyridine rings is 1. The van der Waals surface area contributed by atoms with E-state index >= 15 is 0 Å². The van der Waals surface area contributed by atoms with Gasteiger partial charge in [-0.25, -0.2) is 4.98 Å². The second-order valence-electron chi connectivity index (χ2n) is 3.50. The molecular weight excluding hydrogens is 226 g/mol. The number of nitro groups is 1. The molecule has 0 aromatic carbocycles. The highest BCUT2D eigenvalue weighted by Gasteiger charge is 2.14. The molecule has 0 bridgehead atoms. The predicted molar refractivity (Wildman–Crippen MR) is 61.0 cm³/mol. The van der Waals surface area contributed by atoms with Crippen LogP contribution in [0.1, 0.15) is 18.5 Å². The molecule has 0 aliphatic rings. The van der Waals surface area contributed by atoms with Crippen molar-refractivity contribution in [2.24, 2.45) is 0 Å². The number of rotatable bonds is 6.